The van der Waals surface area contributed by atoms with E-state index in [2.05, 4.69) is 6.58 Å². The van der Waals surface area contributed by atoms with Crippen molar-refractivity contribution in [3.8, 4) is 0 Å². The van der Waals surface area contributed by atoms with Gasteiger partial charge in [-0.1, -0.05) is 12.1 Å². The molecule has 1 aromatic rings. The van der Waals surface area contributed by atoms with Crippen LogP contribution in [0.2, 0.25) is 0 Å². The Morgan fingerprint density at radius 2 is 2.14 bits per heavy atom. The van der Waals surface area contributed by atoms with E-state index in [0.29, 0.717) is 5.88 Å². The minimum atomic E-state index is -0.184. The lowest BCUT2D eigenvalue weighted by Gasteiger charge is -2.06. The summed E-state index contributed by atoms with van der Waals surface area (Å²) >= 11 is 5.62. The normalized spacial score (nSPS) is 10.1. The molecule has 0 unspecified atom stereocenters. The van der Waals surface area contributed by atoms with Gasteiger partial charge >= 0.3 is 0 Å². The average Bonchev–Trinajstić information content (AvgIpc) is 2.17. The van der Waals surface area contributed by atoms with Crippen molar-refractivity contribution in [2.24, 2.45) is 0 Å². The second-order valence-corrected chi connectivity index (χ2v) is 3.58. The number of rotatable bonds is 5. The van der Waals surface area contributed by atoms with Gasteiger partial charge in [-0.15, -0.1) is 18.2 Å². The minimum absolute atomic E-state index is 0.184. The fourth-order valence-electron chi connectivity index (χ4n) is 1.44. The summed E-state index contributed by atoms with van der Waals surface area (Å²) in [6.07, 6.45) is 4.35. The Labute approximate surface area is 89.4 Å². The standard InChI is InChI=1S/C12H14ClF/c1-2-4-11-9-12(14)7-6-10(11)5-3-8-13/h2,6-7,9H,1,3-5,8H2. The van der Waals surface area contributed by atoms with E-state index in [0.717, 1.165) is 24.8 Å². The molecule has 0 atom stereocenters. The first-order chi connectivity index (χ1) is 6.77. The Morgan fingerprint density at radius 1 is 1.36 bits per heavy atom. The van der Waals surface area contributed by atoms with Gasteiger partial charge in [0.2, 0.25) is 0 Å². The number of allylic oxidation sites excluding steroid dienone is 1. The van der Waals surface area contributed by atoms with Gasteiger partial charge in [-0.2, -0.15) is 0 Å². The molecule has 76 valence electrons. The zero-order valence-corrected chi connectivity index (χ0v) is 8.86. The minimum Gasteiger partial charge on any atom is -0.207 e. The van der Waals surface area contributed by atoms with E-state index >= 15 is 0 Å². The molecule has 14 heavy (non-hydrogen) atoms. The Morgan fingerprint density at radius 3 is 2.79 bits per heavy atom. The SMILES string of the molecule is C=CCc1cc(F)ccc1CCCCl. The van der Waals surface area contributed by atoms with Gasteiger partial charge in [0.25, 0.3) is 0 Å². The summed E-state index contributed by atoms with van der Waals surface area (Å²) in [7, 11) is 0. The fourth-order valence-corrected chi connectivity index (χ4v) is 1.57. The van der Waals surface area contributed by atoms with Crippen molar-refractivity contribution >= 4 is 11.6 Å². The Kier molecular flexibility index (Phi) is 4.68. The molecule has 2 heteroatoms. The highest BCUT2D eigenvalue weighted by Gasteiger charge is 2.02. The Hall–Kier alpha value is -0.820. The van der Waals surface area contributed by atoms with E-state index in [1.807, 2.05) is 6.07 Å². The van der Waals surface area contributed by atoms with Crippen LogP contribution in [0.1, 0.15) is 17.5 Å². The quantitative estimate of drug-likeness (QED) is 0.516. The lowest BCUT2D eigenvalue weighted by atomic mass is 10.0. The van der Waals surface area contributed by atoms with Gasteiger partial charge in [0, 0.05) is 5.88 Å². The summed E-state index contributed by atoms with van der Waals surface area (Å²) in [4.78, 5) is 0. The number of halogens is 2. The molecule has 0 aliphatic heterocycles. The molecule has 0 radical (unpaired) electrons. The molecule has 1 rings (SSSR count). The molecule has 0 nitrogen and oxygen atoms in total. The molecule has 0 saturated heterocycles. The van der Waals surface area contributed by atoms with Crippen molar-refractivity contribution in [3.63, 3.8) is 0 Å². The molecule has 1 aromatic carbocycles. The molecular weight excluding hydrogens is 199 g/mol. The highest BCUT2D eigenvalue weighted by atomic mass is 35.5. The summed E-state index contributed by atoms with van der Waals surface area (Å²) < 4.78 is 12.9. The van der Waals surface area contributed by atoms with Gasteiger partial charge in [-0.05, 0) is 42.5 Å². The third-order valence-electron chi connectivity index (χ3n) is 2.11. The Balaban J connectivity index is 2.83. The van der Waals surface area contributed by atoms with Gasteiger partial charge in [0.05, 0.1) is 0 Å². The summed E-state index contributed by atoms with van der Waals surface area (Å²) in [5, 5.41) is 0. The van der Waals surface area contributed by atoms with Crippen LogP contribution in [-0.4, -0.2) is 5.88 Å². The van der Waals surface area contributed by atoms with Crippen LogP contribution in [-0.2, 0) is 12.8 Å². The Bertz CT molecular complexity index is 307. The molecule has 0 N–H and O–H groups in total. The number of aryl methyl sites for hydroxylation is 1. The van der Waals surface area contributed by atoms with E-state index < -0.39 is 0 Å². The first-order valence-corrected chi connectivity index (χ1v) is 5.25. The van der Waals surface area contributed by atoms with E-state index in [-0.39, 0.29) is 5.82 Å². The van der Waals surface area contributed by atoms with Crippen molar-refractivity contribution in [2.75, 3.05) is 5.88 Å². The molecule has 0 bridgehead atoms. The van der Waals surface area contributed by atoms with Crippen LogP contribution in [0.25, 0.3) is 0 Å². The van der Waals surface area contributed by atoms with Crippen molar-refractivity contribution in [2.45, 2.75) is 19.3 Å². The average molecular weight is 213 g/mol. The lowest BCUT2D eigenvalue weighted by Crippen LogP contribution is -1.95. The molecule has 0 aromatic heterocycles. The first-order valence-electron chi connectivity index (χ1n) is 4.72. The zero-order valence-electron chi connectivity index (χ0n) is 8.10. The third kappa shape index (κ3) is 3.15. The second kappa shape index (κ2) is 5.82. The number of hydrogen-bond acceptors (Lipinski definition) is 0. The van der Waals surface area contributed by atoms with Crippen molar-refractivity contribution < 1.29 is 4.39 Å². The van der Waals surface area contributed by atoms with E-state index in [1.54, 1.807) is 12.1 Å². The second-order valence-electron chi connectivity index (χ2n) is 3.20. The molecule has 0 aliphatic carbocycles. The van der Waals surface area contributed by atoms with Gasteiger partial charge in [0.15, 0.2) is 0 Å². The number of hydrogen-bond donors (Lipinski definition) is 0. The lowest BCUT2D eigenvalue weighted by molar-refractivity contribution is 0.624. The topological polar surface area (TPSA) is 0 Å². The van der Waals surface area contributed by atoms with Crippen LogP contribution in [0.5, 0.6) is 0 Å². The third-order valence-corrected chi connectivity index (χ3v) is 2.38. The molecule has 0 amide bonds. The van der Waals surface area contributed by atoms with Crippen LogP contribution in [0.4, 0.5) is 4.39 Å². The van der Waals surface area contributed by atoms with E-state index in [1.165, 1.54) is 11.6 Å². The maximum absolute atomic E-state index is 12.9. The van der Waals surface area contributed by atoms with Crippen LogP contribution < -0.4 is 0 Å². The molecule has 0 aliphatic rings. The molecule has 0 fully saturated rings. The summed E-state index contributed by atoms with van der Waals surface area (Å²) in [6, 6.07) is 4.90. The predicted octanol–water partition coefficient (Wildman–Crippen LogP) is 3.73. The fraction of sp³-hybridized carbons (Fsp3) is 0.333. The van der Waals surface area contributed by atoms with Gasteiger partial charge in [-0.3, -0.25) is 0 Å². The number of benzene rings is 1. The monoisotopic (exact) mass is 212 g/mol. The van der Waals surface area contributed by atoms with Crippen molar-refractivity contribution in [1.82, 2.24) is 0 Å². The maximum atomic E-state index is 12.9. The van der Waals surface area contributed by atoms with Crippen LogP contribution in [0.3, 0.4) is 0 Å². The van der Waals surface area contributed by atoms with Crippen LogP contribution in [0.15, 0.2) is 30.9 Å². The summed E-state index contributed by atoms with van der Waals surface area (Å²) in [5.41, 5.74) is 2.19. The van der Waals surface area contributed by atoms with Gasteiger partial charge in [-0.25, -0.2) is 4.39 Å². The molecule has 0 spiro atoms. The zero-order chi connectivity index (χ0) is 10.4. The van der Waals surface area contributed by atoms with E-state index in [9.17, 15) is 4.39 Å². The largest absolute Gasteiger partial charge is 0.207 e. The van der Waals surface area contributed by atoms with Crippen molar-refractivity contribution in [1.29, 1.82) is 0 Å². The molecule has 0 heterocycles. The van der Waals surface area contributed by atoms with E-state index in [4.69, 9.17) is 11.6 Å². The highest BCUT2D eigenvalue weighted by molar-refractivity contribution is 6.17. The number of alkyl halides is 1. The smallest absolute Gasteiger partial charge is 0.123 e. The van der Waals surface area contributed by atoms with Gasteiger partial charge in [0.1, 0.15) is 5.82 Å². The van der Waals surface area contributed by atoms with Crippen LogP contribution >= 0.6 is 11.6 Å². The first kappa shape index (κ1) is 11.3. The summed E-state index contributed by atoms with van der Waals surface area (Å²) in [6.45, 7) is 3.66. The molecule has 0 saturated carbocycles. The summed E-state index contributed by atoms with van der Waals surface area (Å²) in [5.74, 6) is 0.460. The highest BCUT2D eigenvalue weighted by Crippen LogP contribution is 2.14. The van der Waals surface area contributed by atoms with Gasteiger partial charge < -0.3 is 0 Å². The maximum Gasteiger partial charge on any atom is 0.123 e. The molecular formula is C12H14ClF. The predicted molar refractivity (Wildman–Crippen MR) is 59.3 cm³/mol. The van der Waals surface area contributed by atoms with Crippen molar-refractivity contribution in [3.05, 3.63) is 47.8 Å². The van der Waals surface area contributed by atoms with Crippen LogP contribution in [0, 0.1) is 5.82 Å².